The molecule has 236 valence electrons. The summed E-state index contributed by atoms with van der Waals surface area (Å²) in [5.74, 6) is 0. The van der Waals surface area contributed by atoms with E-state index >= 15 is 0 Å². The summed E-state index contributed by atoms with van der Waals surface area (Å²) in [5, 5.41) is 0. The van der Waals surface area contributed by atoms with Crippen LogP contribution in [0.15, 0.2) is 212 Å². The molecule has 0 aliphatic heterocycles. The highest BCUT2D eigenvalue weighted by molar-refractivity contribution is 5.90. The molecule has 9 rings (SSSR count). The Balaban J connectivity index is 1.30. The van der Waals surface area contributed by atoms with Crippen LogP contribution in [0.25, 0.3) is 33.4 Å². The molecular formula is C49H35N. The van der Waals surface area contributed by atoms with Crippen LogP contribution in [-0.4, -0.2) is 0 Å². The van der Waals surface area contributed by atoms with Crippen molar-refractivity contribution in [2.24, 2.45) is 0 Å². The quantitative estimate of drug-likeness (QED) is 0.167. The SMILES string of the molecule is [2H]c1c([2H])c(N(c2ccc(-c3ccccc3)cc2)c2ccc3c(c2)-c2ccccc2C3(c2ccccc2)c2ccccc2)c([2H])c([2H])c1-c1ccccc1. The minimum absolute atomic E-state index is 0.0817. The van der Waals surface area contributed by atoms with Gasteiger partial charge in [-0.05, 0) is 92.0 Å². The van der Waals surface area contributed by atoms with Crippen molar-refractivity contribution in [1.29, 1.82) is 0 Å². The molecule has 8 aromatic carbocycles. The van der Waals surface area contributed by atoms with E-state index < -0.39 is 5.41 Å². The lowest BCUT2D eigenvalue weighted by atomic mass is 9.68. The highest BCUT2D eigenvalue weighted by atomic mass is 15.1. The van der Waals surface area contributed by atoms with Gasteiger partial charge in [-0.25, -0.2) is 0 Å². The van der Waals surface area contributed by atoms with E-state index in [-0.39, 0.29) is 35.4 Å². The first-order valence-electron chi connectivity index (χ1n) is 19.0. The van der Waals surface area contributed by atoms with Crippen molar-refractivity contribution in [3.63, 3.8) is 0 Å². The van der Waals surface area contributed by atoms with Gasteiger partial charge in [-0.15, -0.1) is 0 Å². The molecule has 1 nitrogen and oxygen atoms in total. The van der Waals surface area contributed by atoms with Crippen molar-refractivity contribution in [3.8, 4) is 33.4 Å². The van der Waals surface area contributed by atoms with E-state index in [1.165, 1.54) is 16.7 Å². The Hall–Kier alpha value is -6.44. The molecule has 0 heterocycles. The number of nitrogens with zero attached hydrogens (tertiary/aromatic N) is 1. The van der Waals surface area contributed by atoms with Gasteiger partial charge >= 0.3 is 0 Å². The monoisotopic (exact) mass is 641 g/mol. The predicted molar refractivity (Wildman–Crippen MR) is 209 cm³/mol. The second-order valence-corrected chi connectivity index (χ2v) is 12.6. The molecule has 0 spiro atoms. The van der Waals surface area contributed by atoms with Crippen molar-refractivity contribution in [2.75, 3.05) is 4.90 Å². The highest BCUT2D eigenvalue weighted by Gasteiger charge is 2.46. The highest BCUT2D eigenvalue weighted by Crippen LogP contribution is 2.57. The van der Waals surface area contributed by atoms with Crippen LogP contribution >= 0.6 is 0 Å². The molecule has 50 heavy (non-hydrogen) atoms. The third-order valence-corrected chi connectivity index (χ3v) is 9.83. The van der Waals surface area contributed by atoms with Gasteiger partial charge < -0.3 is 4.90 Å². The second-order valence-electron chi connectivity index (χ2n) is 12.6. The van der Waals surface area contributed by atoms with Crippen LogP contribution in [0.1, 0.15) is 27.7 Å². The molecule has 0 N–H and O–H groups in total. The fourth-order valence-electron chi connectivity index (χ4n) is 7.58. The number of hydrogen-bond donors (Lipinski definition) is 0. The number of anilines is 3. The summed E-state index contributed by atoms with van der Waals surface area (Å²) in [6.07, 6.45) is 0. The molecule has 0 aromatic heterocycles. The maximum atomic E-state index is 9.45. The van der Waals surface area contributed by atoms with Gasteiger partial charge in [0, 0.05) is 17.1 Å². The van der Waals surface area contributed by atoms with Crippen LogP contribution in [0.3, 0.4) is 0 Å². The van der Waals surface area contributed by atoms with Gasteiger partial charge in [0.1, 0.15) is 0 Å². The zero-order valence-electron chi connectivity index (χ0n) is 31.3. The molecule has 0 bridgehead atoms. The lowest BCUT2D eigenvalue weighted by molar-refractivity contribution is 0.768. The molecule has 1 aliphatic rings. The molecule has 1 aliphatic carbocycles. The fourth-order valence-corrected chi connectivity index (χ4v) is 7.58. The van der Waals surface area contributed by atoms with Crippen LogP contribution in [-0.2, 0) is 5.41 Å². The summed E-state index contributed by atoms with van der Waals surface area (Å²) < 4.78 is 37.3. The van der Waals surface area contributed by atoms with Gasteiger partial charge in [0.25, 0.3) is 0 Å². The van der Waals surface area contributed by atoms with Crippen molar-refractivity contribution in [2.45, 2.75) is 5.41 Å². The largest absolute Gasteiger partial charge is 0.310 e. The number of benzene rings is 8. The normalized spacial score (nSPS) is 13.7. The van der Waals surface area contributed by atoms with Gasteiger partial charge in [-0.2, -0.15) is 0 Å². The van der Waals surface area contributed by atoms with Crippen LogP contribution in [0, 0.1) is 0 Å². The van der Waals surface area contributed by atoms with Gasteiger partial charge in [0.05, 0.1) is 10.9 Å². The Morgan fingerprint density at radius 2 is 0.800 bits per heavy atom. The number of rotatable bonds is 7. The topological polar surface area (TPSA) is 3.24 Å². The minimum Gasteiger partial charge on any atom is -0.310 e. The maximum Gasteiger partial charge on any atom is 0.0713 e. The standard InChI is InChI=1S/C49H35N/c1-5-15-36(16-6-1)38-25-29-42(30-26-38)50(43-31-27-39(28-32-43)37-17-7-2-8-18-37)44-33-34-48-46(35-44)45-23-13-14-24-47(45)49(48,40-19-9-3-10-20-40)41-21-11-4-12-22-41/h1-35H/i25D,26D,29D,30D. The fraction of sp³-hybridized carbons (Fsp3) is 0.0204. The van der Waals surface area contributed by atoms with Crippen molar-refractivity contribution >= 4 is 17.1 Å². The van der Waals surface area contributed by atoms with E-state index in [1.807, 2.05) is 77.7 Å². The van der Waals surface area contributed by atoms with Crippen LogP contribution in [0.2, 0.25) is 0 Å². The van der Waals surface area contributed by atoms with Gasteiger partial charge in [0.15, 0.2) is 0 Å². The first-order valence-corrected chi connectivity index (χ1v) is 17.0. The second kappa shape index (κ2) is 12.5. The van der Waals surface area contributed by atoms with Crippen LogP contribution in [0.4, 0.5) is 17.1 Å². The lowest BCUT2D eigenvalue weighted by Gasteiger charge is -2.34. The van der Waals surface area contributed by atoms with E-state index in [2.05, 4.69) is 115 Å². The first kappa shape index (κ1) is 25.6. The van der Waals surface area contributed by atoms with E-state index in [9.17, 15) is 5.48 Å². The Bertz CT molecular complexity index is 2560. The minimum atomic E-state index is -0.573. The van der Waals surface area contributed by atoms with Crippen LogP contribution < -0.4 is 4.90 Å². The number of fused-ring (bicyclic) bond motifs is 3. The van der Waals surface area contributed by atoms with Crippen molar-refractivity contribution in [3.05, 3.63) is 234 Å². The van der Waals surface area contributed by atoms with Crippen LogP contribution in [0.5, 0.6) is 0 Å². The third-order valence-electron chi connectivity index (χ3n) is 9.83. The molecule has 1 heteroatoms. The first-order chi connectivity index (χ1) is 26.5. The molecule has 0 unspecified atom stereocenters. The molecule has 0 fully saturated rings. The zero-order chi connectivity index (χ0) is 36.8. The van der Waals surface area contributed by atoms with E-state index in [4.69, 9.17) is 0 Å². The molecule has 8 aromatic rings. The summed E-state index contributed by atoms with van der Waals surface area (Å²) >= 11 is 0. The van der Waals surface area contributed by atoms with Crippen molar-refractivity contribution < 1.29 is 5.48 Å². The smallest absolute Gasteiger partial charge is 0.0713 e. The third kappa shape index (κ3) is 4.95. The Labute approximate surface area is 300 Å². The Kier molecular flexibility index (Phi) is 6.41. The molecule has 0 saturated heterocycles. The zero-order valence-corrected chi connectivity index (χ0v) is 27.3. The average molecular weight is 642 g/mol. The van der Waals surface area contributed by atoms with Crippen molar-refractivity contribution in [1.82, 2.24) is 0 Å². The van der Waals surface area contributed by atoms with E-state index in [0.29, 0.717) is 5.56 Å². The molecule has 0 saturated carbocycles. The molecule has 0 amide bonds. The summed E-state index contributed by atoms with van der Waals surface area (Å²) in [5.41, 5.74) is 11.0. The lowest BCUT2D eigenvalue weighted by Crippen LogP contribution is -2.28. The van der Waals surface area contributed by atoms with Gasteiger partial charge in [-0.1, -0.05) is 176 Å². The van der Waals surface area contributed by atoms with Gasteiger partial charge in [0.2, 0.25) is 0 Å². The number of hydrogen-bond acceptors (Lipinski definition) is 1. The summed E-state index contributed by atoms with van der Waals surface area (Å²) in [4.78, 5) is 1.89. The summed E-state index contributed by atoms with van der Waals surface area (Å²) in [6, 6.07) is 63.4. The molecule has 0 radical (unpaired) electrons. The maximum absolute atomic E-state index is 9.45. The van der Waals surface area contributed by atoms with E-state index in [0.717, 1.165) is 39.2 Å². The van der Waals surface area contributed by atoms with E-state index in [1.54, 1.807) is 0 Å². The predicted octanol–water partition coefficient (Wildman–Crippen LogP) is 12.9. The molecule has 0 atom stereocenters. The molecular weight excluding hydrogens is 603 g/mol. The summed E-state index contributed by atoms with van der Waals surface area (Å²) in [7, 11) is 0. The Morgan fingerprint density at radius 1 is 0.340 bits per heavy atom. The van der Waals surface area contributed by atoms with Gasteiger partial charge in [-0.3, -0.25) is 0 Å². The Morgan fingerprint density at radius 3 is 1.40 bits per heavy atom. The summed E-state index contributed by atoms with van der Waals surface area (Å²) in [6.45, 7) is 0. The average Bonchev–Trinajstić information content (AvgIpc) is 3.53.